The van der Waals surface area contributed by atoms with Gasteiger partial charge >= 0.3 is 6.18 Å². The number of halogens is 6. The summed E-state index contributed by atoms with van der Waals surface area (Å²) in [5.41, 5.74) is 2.51. The first-order chi connectivity index (χ1) is 20.3. The number of carbonyl (C=O) groups is 2. The minimum Gasteiger partial charge on any atom is -0.542 e. The number of carbonyl (C=O) groups excluding carboxylic acids is 2. The number of nitrogens with one attached hydrogen (secondary N) is 2. The fraction of sp³-hybridized carbons (Fsp3) is 0.250. The number of methoxy groups -OCH3 is 1. The Kier molecular flexibility index (Phi) is 9.68. The summed E-state index contributed by atoms with van der Waals surface area (Å²) in [6.45, 7) is 2.48. The van der Waals surface area contributed by atoms with E-state index in [1.807, 2.05) is 24.3 Å². The maximum absolute atomic E-state index is 14.7. The molecule has 4 aromatic rings. The van der Waals surface area contributed by atoms with Crippen molar-refractivity contribution in [1.82, 2.24) is 14.3 Å². The van der Waals surface area contributed by atoms with Crippen molar-refractivity contribution < 1.29 is 41.9 Å². The van der Waals surface area contributed by atoms with Gasteiger partial charge in [-0.25, -0.2) is 4.39 Å². The SMILES string of the molecule is COc1ccc([NH+]2CCN(C(=O)c3cc(Cc4c[nH]c(=O)c5cc(Cl)c(Cl)n45)ccc3F)CC2)cc1.O=C([O-])C(F)(F)F. The van der Waals surface area contributed by atoms with Gasteiger partial charge < -0.3 is 24.5 Å². The van der Waals surface area contributed by atoms with Gasteiger partial charge in [0.1, 0.15) is 33.9 Å². The van der Waals surface area contributed by atoms with E-state index in [1.165, 1.54) is 17.0 Å². The van der Waals surface area contributed by atoms with Gasteiger partial charge in [0, 0.05) is 30.4 Å². The number of aliphatic carboxylic acids is 1. The molecule has 1 amide bonds. The number of hydrogen-bond acceptors (Lipinski definition) is 5. The van der Waals surface area contributed by atoms with Crippen LogP contribution in [-0.4, -0.2) is 65.6 Å². The number of aromatic amines is 1. The standard InChI is InChI=1S/C26H23Cl2FN4O3.C2HF3O2/c1-36-19-5-3-17(4-6-19)31-8-10-32(11-9-31)26(35)20-13-16(2-7-22(20)29)12-18-15-30-25(34)23-14-21(27)24(28)33(18)23;3-2(4,5)1(6)7/h2-7,13-15H,8-12H2,1H3,(H,30,34);(H,6,7). The lowest BCUT2D eigenvalue weighted by Gasteiger charge is -2.32. The molecule has 15 heteroatoms. The summed E-state index contributed by atoms with van der Waals surface area (Å²) in [5.74, 6) is -3.11. The van der Waals surface area contributed by atoms with Crippen LogP contribution in [0, 0.1) is 5.82 Å². The van der Waals surface area contributed by atoms with Crippen LogP contribution in [0.15, 0.2) is 59.5 Å². The molecule has 9 nitrogen and oxygen atoms in total. The molecule has 0 atom stereocenters. The zero-order valence-corrected chi connectivity index (χ0v) is 23.9. The van der Waals surface area contributed by atoms with Crippen LogP contribution in [0.3, 0.4) is 0 Å². The van der Waals surface area contributed by atoms with Gasteiger partial charge in [-0.3, -0.25) is 18.9 Å². The van der Waals surface area contributed by atoms with Crippen molar-refractivity contribution >= 4 is 46.3 Å². The van der Waals surface area contributed by atoms with Crippen LogP contribution < -0.4 is 20.3 Å². The molecule has 228 valence electrons. The Balaban J connectivity index is 0.000000541. The summed E-state index contributed by atoms with van der Waals surface area (Å²) in [7, 11) is 1.63. The third kappa shape index (κ3) is 7.29. The Bertz CT molecular complexity index is 1700. The van der Waals surface area contributed by atoms with Gasteiger partial charge in [0.25, 0.3) is 11.5 Å². The van der Waals surface area contributed by atoms with Gasteiger partial charge in [-0.1, -0.05) is 29.3 Å². The number of H-pyrrole nitrogens is 1. The molecule has 3 heterocycles. The van der Waals surface area contributed by atoms with E-state index in [0.717, 1.165) is 24.5 Å². The van der Waals surface area contributed by atoms with Crippen LogP contribution in [0.2, 0.25) is 10.2 Å². The van der Waals surface area contributed by atoms with Crippen molar-refractivity contribution in [3.63, 3.8) is 0 Å². The van der Waals surface area contributed by atoms with Crippen LogP contribution in [0.1, 0.15) is 21.6 Å². The Morgan fingerprint density at radius 1 is 1.07 bits per heavy atom. The van der Waals surface area contributed by atoms with E-state index in [0.29, 0.717) is 36.3 Å². The van der Waals surface area contributed by atoms with Crippen molar-refractivity contribution in [1.29, 1.82) is 0 Å². The summed E-state index contributed by atoms with van der Waals surface area (Å²) in [6, 6.07) is 13.9. The first kappa shape index (κ1) is 31.9. The minimum atomic E-state index is -5.19. The number of amides is 1. The number of rotatable bonds is 5. The molecule has 0 saturated carbocycles. The van der Waals surface area contributed by atoms with Crippen molar-refractivity contribution in [2.75, 3.05) is 33.3 Å². The third-order valence-electron chi connectivity index (χ3n) is 6.82. The Labute approximate surface area is 251 Å². The normalized spacial score (nSPS) is 13.9. The maximum Gasteiger partial charge on any atom is 0.430 e. The van der Waals surface area contributed by atoms with E-state index in [-0.39, 0.29) is 27.2 Å². The van der Waals surface area contributed by atoms with Gasteiger partial charge in [-0.2, -0.15) is 13.2 Å². The van der Waals surface area contributed by atoms with Gasteiger partial charge in [0.15, 0.2) is 0 Å². The van der Waals surface area contributed by atoms with Crippen molar-refractivity contribution in [2.45, 2.75) is 12.6 Å². The van der Waals surface area contributed by atoms with E-state index in [2.05, 4.69) is 4.98 Å². The number of alkyl halides is 3. The summed E-state index contributed by atoms with van der Waals surface area (Å²) in [4.78, 5) is 39.8. The molecule has 1 aliphatic rings. The number of carboxylic acid groups (broad SMARTS) is 1. The van der Waals surface area contributed by atoms with E-state index in [9.17, 15) is 27.2 Å². The summed E-state index contributed by atoms with van der Waals surface area (Å²) >= 11 is 12.4. The second-order valence-corrected chi connectivity index (χ2v) is 10.3. The quantitative estimate of drug-likeness (QED) is 0.325. The summed E-state index contributed by atoms with van der Waals surface area (Å²) in [6.07, 6.45) is -3.34. The monoisotopic (exact) mass is 642 g/mol. The van der Waals surface area contributed by atoms with Gasteiger partial charge in [-0.05, 0) is 35.9 Å². The Morgan fingerprint density at radius 3 is 2.28 bits per heavy atom. The number of quaternary nitrogens is 1. The van der Waals surface area contributed by atoms with Crippen LogP contribution in [0.4, 0.5) is 23.2 Å². The van der Waals surface area contributed by atoms with Crippen LogP contribution in [-0.2, 0) is 11.2 Å². The van der Waals surface area contributed by atoms with Crippen molar-refractivity contribution in [3.8, 4) is 5.75 Å². The van der Waals surface area contributed by atoms with Gasteiger partial charge in [0.05, 0.1) is 43.9 Å². The zero-order chi connectivity index (χ0) is 31.5. The summed E-state index contributed by atoms with van der Waals surface area (Å²) in [5, 5.41) is 9.27. The van der Waals surface area contributed by atoms with Crippen molar-refractivity contribution in [3.05, 3.63) is 97.9 Å². The lowest BCUT2D eigenvalue weighted by molar-refractivity contribution is -0.837. The van der Waals surface area contributed by atoms with Crippen LogP contribution in [0.5, 0.6) is 5.75 Å². The molecule has 1 aliphatic heterocycles. The fourth-order valence-electron chi connectivity index (χ4n) is 4.64. The second-order valence-electron chi connectivity index (χ2n) is 9.51. The second kappa shape index (κ2) is 13.1. The molecule has 1 fully saturated rings. The minimum absolute atomic E-state index is 0.0256. The van der Waals surface area contributed by atoms with Crippen molar-refractivity contribution in [2.24, 2.45) is 0 Å². The largest absolute Gasteiger partial charge is 0.542 e. The molecule has 0 unspecified atom stereocenters. The highest BCUT2D eigenvalue weighted by Gasteiger charge is 2.29. The molecule has 1 saturated heterocycles. The predicted octanol–water partition coefficient (Wildman–Crippen LogP) is 2.64. The molecular weight excluding hydrogens is 619 g/mol. The zero-order valence-electron chi connectivity index (χ0n) is 22.4. The highest BCUT2D eigenvalue weighted by molar-refractivity contribution is 6.42. The fourth-order valence-corrected chi connectivity index (χ4v) is 5.08. The third-order valence-corrected chi connectivity index (χ3v) is 7.58. The number of carboxylic acids is 1. The number of piperazine rings is 1. The first-order valence-electron chi connectivity index (χ1n) is 12.7. The highest BCUT2D eigenvalue weighted by atomic mass is 35.5. The molecule has 0 aliphatic carbocycles. The molecule has 43 heavy (non-hydrogen) atoms. The number of benzene rings is 2. The number of fused-ring (bicyclic) bond motifs is 1. The molecule has 2 aromatic carbocycles. The lowest BCUT2D eigenvalue weighted by atomic mass is 10.0. The molecule has 5 rings (SSSR count). The Hall–Kier alpha value is -4.07. The molecule has 2 N–H and O–H groups in total. The smallest absolute Gasteiger partial charge is 0.430 e. The van der Waals surface area contributed by atoms with Crippen LogP contribution >= 0.6 is 23.2 Å². The lowest BCUT2D eigenvalue weighted by Crippen LogP contribution is -3.10. The van der Waals surface area contributed by atoms with Gasteiger partial charge in [0.2, 0.25) is 0 Å². The molecule has 0 spiro atoms. The maximum atomic E-state index is 14.7. The van der Waals surface area contributed by atoms with E-state index < -0.39 is 18.0 Å². The Morgan fingerprint density at radius 2 is 1.70 bits per heavy atom. The molecular formula is C28H24Cl2F4N4O5. The van der Waals surface area contributed by atoms with Crippen LogP contribution in [0.25, 0.3) is 5.52 Å². The number of aromatic nitrogens is 2. The molecule has 0 radical (unpaired) electrons. The number of ether oxygens (including phenoxy) is 1. The molecule has 0 bridgehead atoms. The number of nitrogens with zero attached hydrogens (tertiary/aromatic N) is 2. The van der Waals surface area contributed by atoms with Gasteiger partial charge in [-0.15, -0.1) is 0 Å². The average molecular weight is 643 g/mol. The first-order valence-corrected chi connectivity index (χ1v) is 13.5. The highest BCUT2D eigenvalue weighted by Crippen LogP contribution is 2.27. The molecule has 2 aromatic heterocycles. The van der Waals surface area contributed by atoms with E-state index in [1.54, 1.807) is 34.7 Å². The topological polar surface area (TPSA) is 111 Å². The average Bonchev–Trinajstić information content (AvgIpc) is 3.29. The van der Waals surface area contributed by atoms with E-state index >= 15 is 0 Å². The number of hydrogen-bond donors (Lipinski definition) is 2. The van der Waals surface area contributed by atoms with E-state index in [4.69, 9.17) is 37.8 Å². The predicted molar refractivity (Wildman–Crippen MR) is 148 cm³/mol. The summed E-state index contributed by atoms with van der Waals surface area (Å²) < 4.78 is 53.1.